The average Bonchev–Trinajstić information content (AvgIpc) is 3.56. The van der Waals surface area contributed by atoms with Crippen molar-refractivity contribution in [3.05, 3.63) is 0 Å². The fourth-order valence-electron chi connectivity index (χ4n) is 12.2. The SMILES string of the molecule is CC(=O)[C@@H]1CC[C@]2(C(=O)O)CC[C@]3(C)C(CCC4[C@@]5(C)CC[C@@H](OC(=O)NC6CC6)C(C)(C)C5CC[C@]43C)C12. The highest BCUT2D eigenvalue weighted by atomic mass is 16.6. The van der Waals surface area contributed by atoms with E-state index in [1.54, 1.807) is 6.92 Å². The van der Waals surface area contributed by atoms with Crippen LogP contribution >= 0.6 is 0 Å². The molecule has 6 saturated carbocycles. The monoisotopic (exact) mass is 541 g/mol. The standard InChI is InChI=1S/C33H51NO5/c1-19(35)21-11-16-33(27(36)37)18-17-31(5)22(26(21)33)9-10-24-30(4)14-13-25(39-28(38)34-20-7-8-20)29(2,3)23(30)12-15-32(24,31)6/h20-26H,7-18H2,1-6H3,(H,34,38)(H,36,37)/t21-,22?,23?,24?,25+,26?,30-,31+,32+,33-/m0/s1. The van der Waals surface area contributed by atoms with Crippen LogP contribution in [-0.2, 0) is 14.3 Å². The Labute approximate surface area is 234 Å². The summed E-state index contributed by atoms with van der Waals surface area (Å²) in [5.41, 5.74) is -0.503. The molecule has 39 heavy (non-hydrogen) atoms. The van der Waals surface area contributed by atoms with Crippen LogP contribution < -0.4 is 5.32 Å². The second-order valence-electron chi connectivity index (χ2n) is 16.1. The van der Waals surface area contributed by atoms with Gasteiger partial charge in [-0.2, -0.15) is 0 Å². The Balaban J connectivity index is 1.30. The van der Waals surface area contributed by atoms with E-state index in [1.165, 1.54) is 0 Å². The summed E-state index contributed by atoms with van der Waals surface area (Å²) in [7, 11) is 0. The summed E-state index contributed by atoms with van der Waals surface area (Å²) in [5.74, 6) is 0.729. The number of rotatable bonds is 4. The van der Waals surface area contributed by atoms with Crippen molar-refractivity contribution in [3.8, 4) is 0 Å². The third-order valence-corrected chi connectivity index (χ3v) is 14.5. The lowest BCUT2D eigenvalue weighted by molar-refractivity contribution is -0.248. The van der Waals surface area contributed by atoms with Crippen molar-refractivity contribution >= 4 is 17.8 Å². The molecule has 6 fully saturated rings. The van der Waals surface area contributed by atoms with Crippen LogP contribution in [0.4, 0.5) is 4.79 Å². The van der Waals surface area contributed by atoms with E-state index in [0.717, 1.165) is 64.2 Å². The second kappa shape index (κ2) is 8.71. The van der Waals surface area contributed by atoms with Crippen LogP contribution in [0.1, 0.15) is 119 Å². The highest BCUT2D eigenvalue weighted by Crippen LogP contribution is 2.77. The molecule has 6 aliphatic rings. The van der Waals surface area contributed by atoms with E-state index in [-0.39, 0.29) is 51.5 Å². The number of aliphatic carboxylic acids is 1. The van der Waals surface area contributed by atoms with Gasteiger partial charge >= 0.3 is 12.1 Å². The molecule has 6 rings (SSSR count). The molecule has 218 valence electrons. The number of carbonyl (C=O) groups is 3. The molecule has 4 unspecified atom stereocenters. The molecule has 1 amide bonds. The van der Waals surface area contributed by atoms with Gasteiger partial charge < -0.3 is 15.2 Å². The van der Waals surface area contributed by atoms with Crippen LogP contribution in [0.3, 0.4) is 0 Å². The Morgan fingerprint density at radius 1 is 0.769 bits per heavy atom. The summed E-state index contributed by atoms with van der Waals surface area (Å²) in [4.78, 5) is 38.3. The fraction of sp³-hybridized carbons (Fsp3) is 0.909. The number of amides is 1. The van der Waals surface area contributed by atoms with E-state index < -0.39 is 11.4 Å². The van der Waals surface area contributed by atoms with E-state index in [4.69, 9.17) is 4.74 Å². The third kappa shape index (κ3) is 3.67. The predicted molar refractivity (Wildman–Crippen MR) is 149 cm³/mol. The van der Waals surface area contributed by atoms with Gasteiger partial charge in [0.1, 0.15) is 11.9 Å². The molecule has 0 aromatic carbocycles. The number of carboxylic acids is 1. The first kappa shape index (κ1) is 27.6. The van der Waals surface area contributed by atoms with Gasteiger partial charge in [0.25, 0.3) is 0 Å². The molecule has 10 atom stereocenters. The molecule has 0 aromatic rings. The van der Waals surface area contributed by atoms with Crippen molar-refractivity contribution in [1.82, 2.24) is 5.32 Å². The lowest BCUT2D eigenvalue weighted by Crippen LogP contribution is -2.67. The number of hydrogen-bond donors (Lipinski definition) is 2. The van der Waals surface area contributed by atoms with E-state index in [0.29, 0.717) is 36.6 Å². The summed E-state index contributed by atoms with van der Waals surface area (Å²) in [6.07, 6.45) is 11.3. The van der Waals surface area contributed by atoms with Crippen molar-refractivity contribution in [3.63, 3.8) is 0 Å². The van der Waals surface area contributed by atoms with E-state index in [1.807, 2.05) is 0 Å². The topological polar surface area (TPSA) is 92.7 Å². The van der Waals surface area contributed by atoms with E-state index in [9.17, 15) is 19.5 Å². The number of ketones is 1. The number of ether oxygens (including phenoxy) is 1. The van der Waals surface area contributed by atoms with Gasteiger partial charge in [0.05, 0.1) is 5.41 Å². The second-order valence-corrected chi connectivity index (χ2v) is 16.1. The number of hydrogen-bond acceptors (Lipinski definition) is 4. The molecular formula is C33H51NO5. The van der Waals surface area contributed by atoms with Crippen LogP contribution in [0.5, 0.6) is 0 Å². The summed E-state index contributed by atoms with van der Waals surface area (Å²) in [5, 5.41) is 13.5. The highest BCUT2D eigenvalue weighted by molar-refractivity contribution is 5.83. The minimum absolute atomic E-state index is 0.0277. The molecule has 6 heteroatoms. The Kier molecular flexibility index (Phi) is 6.16. The number of alkyl carbamates (subject to hydrolysis) is 1. The van der Waals surface area contributed by atoms with Gasteiger partial charge in [-0.3, -0.25) is 9.59 Å². The van der Waals surface area contributed by atoms with Gasteiger partial charge in [-0.15, -0.1) is 0 Å². The number of fused-ring (bicyclic) bond motifs is 7. The third-order valence-electron chi connectivity index (χ3n) is 14.5. The summed E-state index contributed by atoms with van der Waals surface area (Å²) in [6, 6.07) is 0.304. The molecule has 2 N–H and O–H groups in total. The quantitative estimate of drug-likeness (QED) is 0.400. The van der Waals surface area contributed by atoms with Gasteiger partial charge in [-0.25, -0.2) is 4.79 Å². The molecule has 6 aliphatic carbocycles. The van der Waals surface area contributed by atoms with Crippen molar-refractivity contribution < 1.29 is 24.2 Å². The molecule has 0 radical (unpaired) electrons. The van der Waals surface area contributed by atoms with Crippen LogP contribution in [0.2, 0.25) is 0 Å². The number of carboxylic acid groups (broad SMARTS) is 1. The lowest BCUT2D eigenvalue weighted by Gasteiger charge is -2.72. The molecule has 0 aliphatic heterocycles. The zero-order valence-corrected chi connectivity index (χ0v) is 25.1. The van der Waals surface area contributed by atoms with Crippen LogP contribution in [0, 0.1) is 56.7 Å². The number of nitrogens with one attached hydrogen (secondary N) is 1. The van der Waals surface area contributed by atoms with Crippen molar-refractivity contribution in [2.75, 3.05) is 0 Å². The molecule has 6 nitrogen and oxygen atoms in total. The molecule has 0 bridgehead atoms. The van der Waals surface area contributed by atoms with E-state index in [2.05, 4.69) is 39.9 Å². The fourth-order valence-corrected chi connectivity index (χ4v) is 12.2. The molecule has 0 aromatic heterocycles. The maximum absolute atomic E-state index is 12.9. The molecule has 0 spiro atoms. The Hall–Kier alpha value is -1.59. The van der Waals surface area contributed by atoms with Crippen LogP contribution in [-0.4, -0.2) is 35.1 Å². The molecule has 0 heterocycles. The maximum Gasteiger partial charge on any atom is 0.407 e. The first-order valence-electron chi connectivity index (χ1n) is 15.9. The number of carbonyl (C=O) groups excluding carboxylic acids is 2. The van der Waals surface area contributed by atoms with Gasteiger partial charge in [-0.1, -0.05) is 34.6 Å². The summed E-state index contributed by atoms with van der Waals surface area (Å²) >= 11 is 0. The Bertz CT molecular complexity index is 1070. The largest absolute Gasteiger partial charge is 0.481 e. The first-order valence-corrected chi connectivity index (χ1v) is 15.9. The van der Waals surface area contributed by atoms with Gasteiger partial charge in [0, 0.05) is 17.4 Å². The van der Waals surface area contributed by atoms with E-state index >= 15 is 0 Å². The van der Waals surface area contributed by atoms with Crippen LogP contribution in [0.15, 0.2) is 0 Å². The number of Topliss-reactive ketones (excluding diaryl/α,β-unsaturated/α-hetero) is 1. The van der Waals surface area contributed by atoms with Gasteiger partial charge in [0.2, 0.25) is 0 Å². The molecular weight excluding hydrogens is 490 g/mol. The minimum atomic E-state index is -0.719. The smallest absolute Gasteiger partial charge is 0.407 e. The van der Waals surface area contributed by atoms with Gasteiger partial charge in [0.15, 0.2) is 0 Å². The summed E-state index contributed by atoms with van der Waals surface area (Å²) in [6.45, 7) is 13.9. The maximum atomic E-state index is 12.9. The van der Waals surface area contributed by atoms with Crippen molar-refractivity contribution in [2.45, 2.75) is 131 Å². The predicted octanol–water partition coefficient (Wildman–Crippen LogP) is 7.00. The van der Waals surface area contributed by atoms with Crippen molar-refractivity contribution in [1.29, 1.82) is 0 Å². The zero-order valence-electron chi connectivity index (χ0n) is 25.1. The first-order chi connectivity index (χ1) is 18.2. The highest BCUT2D eigenvalue weighted by Gasteiger charge is 2.72. The lowest BCUT2D eigenvalue weighted by atomic mass is 9.32. The van der Waals surface area contributed by atoms with Crippen LogP contribution in [0.25, 0.3) is 0 Å². The Morgan fingerprint density at radius 3 is 2.13 bits per heavy atom. The zero-order chi connectivity index (χ0) is 28.2. The molecule has 0 saturated heterocycles. The normalized spacial score (nSPS) is 50.0. The summed E-state index contributed by atoms with van der Waals surface area (Å²) < 4.78 is 6.10. The minimum Gasteiger partial charge on any atom is -0.481 e. The average molecular weight is 542 g/mol. The van der Waals surface area contributed by atoms with Crippen molar-refractivity contribution in [2.24, 2.45) is 56.7 Å². The van der Waals surface area contributed by atoms with Gasteiger partial charge in [-0.05, 0) is 124 Å². The Morgan fingerprint density at radius 2 is 1.49 bits per heavy atom.